The van der Waals surface area contributed by atoms with Crippen LogP contribution < -0.4 is 9.47 Å². The maximum atomic E-state index is 12.7. The molecule has 2 aromatic carbocycles. The average molecular weight is 454 g/mol. The summed E-state index contributed by atoms with van der Waals surface area (Å²) in [4.78, 5) is 0. The van der Waals surface area contributed by atoms with Crippen molar-refractivity contribution >= 4 is 11.3 Å². The number of hydrogen-bond donors (Lipinski definition) is 2. The minimum atomic E-state index is -4.39. The lowest BCUT2D eigenvalue weighted by atomic mass is 10.1. The fourth-order valence-corrected chi connectivity index (χ4v) is 3.34. The molecule has 1 aromatic heterocycles. The van der Waals surface area contributed by atoms with E-state index in [9.17, 15) is 23.4 Å². The van der Waals surface area contributed by atoms with Gasteiger partial charge in [0.05, 0.1) is 5.56 Å². The summed E-state index contributed by atoms with van der Waals surface area (Å²) in [5.41, 5.74) is -1.35. The number of halogens is 3. The topological polar surface area (TPSA) is 84.7 Å². The van der Waals surface area contributed by atoms with Gasteiger partial charge in [0, 0.05) is 5.56 Å². The van der Waals surface area contributed by atoms with Crippen molar-refractivity contribution in [2.45, 2.75) is 44.9 Å². The van der Waals surface area contributed by atoms with E-state index in [2.05, 4.69) is 10.2 Å². The predicted molar refractivity (Wildman–Crippen MR) is 109 cm³/mol. The van der Waals surface area contributed by atoms with Crippen LogP contribution in [0, 0.1) is 0 Å². The minimum absolute atomic E-state index is 0.442. The standard InChI is InChI=1S/C21H21F3N2O4S/c1-12(29-15-8-10-16(11-9-15)30-20(2,3)19(27)28)17-25-26-18(31-17)13-4-6-14(7-5-13)21(22,23)24/h4-12,19,27-28H,1-3H3. The molecule has 31 heavy (non-hydrogen) atoms. The van der Waals surface area contributed by atoms with Crippen LogP contribution in [0.4, 0.5) is 13.2 Å². The van der Waals surface area contributed by atoms with Gasteiger partial charge in [0.15, 0.2) is 16.9 Å². The molecule has 0 aliphatic heterocycles. The minimum Gasteiger partial charge on any atom is -0.483 e. The number of alkyl halides is 3. The maximum Gasteiger partial charge on any atom is 0.416 e. The van der Waals surface area contributed by atoms with Gasteiger partial charge in [-0.25, -0.2) is 0 Å². The Hall–Kier alpha value is -2.69. The summed E-state index contributed by atoms with van der Waals surface area (Å²) in [6.07, 6.45) is -6.47. The second-order valence-electron chi connectivity index (χ2n) is 7.33. The summed E-state index contributed by atoms with van der Waals surface area (Å²) in [6, 6.07) is 11.4. The van der Waals surface area contributed by atoms with Crippen molar-refractivity contribution in [2.24, 2.45) is 0 Å². The third-order valence-corrected chi connectivity index (χ3v) is 5.52. The molecule has 10 heteroatoms. The maximum absolute atomic E-state index is 12.7. The summed E-state index contributed by atoms with van der Waals surface area (Å²) in [6.45, 7) is 4.88. The van der Waals surface area contributed by atoms with Gasteiger partial charge in [-0.1, -0.05) is 23.5 Å². The number of aromatic nitrogens is 2. The highest BCUT2D eigenvalue weighted by atomic mass is 32.1. The summed E-state index contributed by atoms with van der Waals surface area (Å²) >= 11 is 1.23. The molecule has 1 heterocycles. The van der Waals surface area contributed by atoms with Crippen LogP contribution in [0.1, 0.15) is 37.4 Å². The lowest BCUT2D eigenvalue weighted by Gasteiger charge is -2.28. The molecule has 1 unspecified atom stereocenters. The number of hydrogen-bond acceptors (Lipinski definition) is 7. The van der Waals surface area contributed by atoms with Crippen LogP contribution in [-0.4, -0.2) is 32.3 Å². The van der Waals surface area contributed by atoms with Crippen LogP contribution in [0.15, 0.2) is 48.5 Å². The van der Waals surface area contributed by atoms with Crippen LogP contribution in [0.2, 0.25) is 0 Å². The lowest BCUT2D eigenvalue weighted by molar-refractivity contribution is -0.154. The molecule has 1 atom stereocenters. The second-order valence-corrected chi connectivity index (χ2v) is 8.34. The molecule has 0 aliphatic carbocycles. The van der Waals surface area contributed by atoms with E-state index in [4.69, 9.17) is 9.47 Å². The van der Waals surface area contributed by atoms with Crippen LogP contribution in [0.3, 0.4) is 0 Å². The fourth-order valence-electron chi connectivity index (χ4n) is 2.51. The zero-order chi connectivity index (χ0) is 22.8. The van der Waals surface area contributed by atoms with Crippen molar-refractivity contribution in [3.8, 4) is 22.1 Å². The van der Waals surface area contributed by atoms with Crippen molar-refractivity contribution in [3.05, 3.63) is 59.1 Å². The largest absolute Gasteiger partial charge is 0.483 e. The van der Waals surface area contributed by atoms with Crippen LogP contribution in [0.25, 0.3) is 10.6 Å². The Balaban J connectivity index is 1.65. The molecule has 0 saturated carbocycles. The number of rotatable bonds is 7. The molecule has 3 rings (SSSR count). The van der Waals surface area contributed by atoms with E-state index in [1.807, 2.05) is 0 Å². The van der Waals surface area contributed by atoms with Crippen molar-refractivity contribution < 1.29 is 32.9 Å². The van der Waals surface area contributed by atoms with E-state index in [1.165, 1.54) is 23.5 Å². The number of aliphatic hydroxyl groups is 2. The van der Waals surface area contributed by atoms with Gasteiger partial charge < -0.3 is 19.7 Å². The third kappa shape index (κ3) is 5.72. The Morgan fingerprint density at radius 2 is 1.48 bits per heavy atom. The van der Waals surface area contributed by atoms with Gasteiger partial charge in [0.1, 0.15) is 22.6 Å². The molecular formula is C21H21F3N2O4S. The quantitative estimate of drug-likeness (QED) is 0.498. The molecule has 0 radical (unpaired) electrons. The molecule has 0 bridgehead atoms. The van der Waals surface area contributed by atoms with E-state index in [1.54, 1.807) is 45.0 Å². The molecular weight excluding hydrogens is 433 g/mol. The van der Waals surface area contributed by atoms with E-state index in [0.717, 1.165) is 12.1 Å². The molecule has 0 fully saturated rings. The van der Waals surface area contributed by atoms with Gasteiger partial charge in [-0.05, 0) is 57.2 Å². The average Bonchev–Trinajstić information content (AvgIpc) is 3.19. The molecule has 166 valence electrons. The van der Waals surface area contributed by atoms with Crippen molar-refractivity contribution in [1.82, 2.24) is 10.2 Å². The molecule has 6 nitrogen and oxygen atoms in total. The molecule has 0 amide bonds. The first kappa shape index (κ1) is 23.0. The summed E-state index contributed by atoms with van der Waals surface area (Å²) < 4.78 is 49.5. The number of aliphatic hydroxyl groups excluding tert-OH is 1. The Labute approximate surface area is 180 Å². The predicted octanol–water partition coefficient (Wildman–Crippen LogP) is 4.83. The van der Waals surface area contributed by atoms with Crippen molar-refractivity contribution in [2.75, 3.05) is 0 Å². The SMILES string of the molecule is CC(Oc1ccc(OC(C)(C)C(O)O)cc1)c1nnc(-c2ccc(C(F)(F)F)cc2)s1. The van der Waals surface area contributed by atoms with E-state index in [-0.39, 0.29) is 0 Å². The Morgan fingerprint density at radius 1 is 0.903 bits per heavy atom. The molecule has 2 N–H and O–H groups in total. The highest BCUT2D eigenvalue weighted by Crippen LogP contribution is 2.33. The molecule has 0 spiro atoms. The first-order chi connectivity index (χ1) is 14.5. The van der Waals surface area contributed by atoms with Gasteiger partial charge >= 0.3 is 6.18 Å². The molecule has 0 aliphatic rings. The normalized spacial score (nSPS) is 13.3. The zero-order valence-corrected chi connectivity index (χ0v) is 17.7. The van der Waals surface area contributed by atoms with Crippen molar-refractivity contribution in [1.29, 1.82) is 0 Å². The second kappa shape index (κ2) is 8.81. The lowest BCUT2D eigenvalue weighted by Crippen LogP contribution is -2.41. The smallest absolute Gasteiger partial charge is 0.416 e. The number of nitrogens with zero attached hydrogens (tertiary/aromatic N) is 2. The summed E-state index contributed by atoms with van der Waals surface area (Å²) in [7, 11) is 0. The van der Waals surface area contributed by atoms with E-state index >= 15 is 0 Å². The van der Waals surface area contributed by atoms with E-state index in [0.29, 0.717) is 27.1 Å². The van der Waals surface area contributed by atoms with Crippen LogP contribution >= 0.6 is 11.3 Å². The van der Waals surface area contributed by atoms with Gasteiger partial charge in [-0.2, -0.15) is 13.2 Å². The first-order valence-electron chi connectivity index (χ1n) is 9.28. The monoisotopic (exact) mass is 454 g/mol. The molecule has 3 aromatic rings. The third-order valence-electron chi connectivity index (χ3n) is 4.39. The van der Waals surface area contributed by atoms with E-state index < -0.39 is 29.7 Å². The summed E-state index contributed by atoms with van der Waals surface area (Å²) in [5, 5.41) is 27.8. The van der Waals surface area contributed by atoms with Gasteiger partial charge in [-0.15, -0.1) is 10.2 Å². The number of ether oxygens (including phenoxy) is 2. The first-order valence-corrected chi connectivity index (χ1v) is 10.1. The zero-order valence-electron chi connectivity index (χ0n) is 16.9. The molecule has 0 saturated heterocycles. The van der Waals surface area contributed by atoms with Gasteiger partial charge in [-0.3, -0.25) is 0 Å². The Bertz CT molecular complexity index is 1000. The highest BCUT2D eigenvalue weighted by molar-refractivity contribution is 7.14. The fraction of sp³-hybridized carbons (Fsp3) is 0.333. The Morgan fingerprint density at radius 3 is 2.03 bits per heavy atom. The van der Waals surface area contributed by atoms with Crippen LogP contribution in [-0.2, 0) is 6.18 Å². The van der Waals surface area contributed by atoms with Crippen LogP contribution in [0.5, 0.6) is 11.5 Å². The van der Waals surface area contributed by atoms with Gasteiger partial charge in [0.2, 0.25) is 0 Å². The summed E-state index contributed by atoms with van der Waals surface area (Å²) in [5.74, 6) is 0.979. The van der Waals surface area contributed by atoms with Crippen molar-refractivity contribution in [3.63, 3.8) is 0 Å². The highest BCUT2D eigenvalue weighted by Gasteiger charge is 2.30. The van der Waals surface area contributed by atoms with Gasteiger partial charge in [0.25, 0.3) is 0 Å². The Kier molecular flexibility index (Phi) is 6.54. The number of benzene rings is 2.